The molecule has 0 amide bonds. The summed E-state index contributed by atoms with van der Waals surface area (Å²) in [5.74, 6) is 1.65. The van der Waals surface area contributed by atoms with Crippen molar-refractivity contribution >= 4 is 12.4 Å². The minimum Gasteiger partial charge on any atom is -0.464 e. The van der Waals surface area contributed by atoms with Crippen LogP contribution in [0.25, 0.3) is 0 Å². The van der Waals surface area contributed by atoms with Gasteiger partial charge < -0.3 is 10.2 Å². The average molecular weight is 174 g/mol. The first-order chi connectivity index (χ1) is 4.74. The summed E-state index contributed by atoms with van der Waals surface area (Å²) in [6.07, 6.45) is 1.65. The lowest BCUT2D eigenvalue weighted by atomic mass is 10.2. The van der Waals surface area contributed by atoms with Gasteiger partial charge in [0, 0.05) is 0 Å². The van der Waals surface area contributed by atoms with Crippen LogP contribution in [0.15, 0.2) is 29.2 Å². The average Bonchev–Trinajstić information content (AvgIpc) is 2.34. The molecular formula is C8H12ClNO. The molecule has 0 bridgehead atoms. The molecular weight excluding hydrogens is 162 g/mol. The summed E-state index contributed by atoms with van der Waals surface area (Å²) in [5, 5.41) is 0. The molecule has 1 atom stereocenters. The Morgan fingerprint density at radius 1 is 1.64 bits per heavy atom. The van der Waals surface area contributed by atoms with Gasteiger partial charge in [-0.2, -0.15) is 0 Å². The van der Waals surface area contributed by atoms with E-state index in [0.717, 1.165) is 11.5 Å². The number of halogens is 1. The highest BCUT2D eigenvalue weighted by molar-refractivity contribution is 5.85. The number of hydrogen-bond donors (Lipinski definition) is 1. The van der Waals surface area contributed by atoms with Gasteiger partial charge in [0.25, 0.3) is 0 Å². The highest BCUT2D eigenvalue weighted by Crippen LogP contribution is 2.13. The fraction of sp³-hybridized carbons (Fsp3) is 0.250. The normalized spacial score (nSPS) is 11.8. The first kappa shape index (κ1) is 10.3. The number of furan rings is 1. The van der Waals surface area contributed by atoms with E-state index in [1.165, 1.54) is 0 Å². The minimum atomic E-state index is -0.173. The first-order valence-corrected chi connectivity index (χ1v) is 3.18. The molecule has 0 radical (unpaired) electrons. The van der Waals surface area contributed by atoms with E-state index in [9.17, 15) is 0 Å². The van der Waals surface area contributed by atoms with Gasteiger partial charge in [-0.25, -0.2) is 0 Å². The van der Waals surface area contributed by atoms with E-state index in [1.54, 1.807) is 6.08 Å². The summed E-state index contributed by atoms with van der Waals surface area (Å²) < 4.78 is 5.24. The van der Waals surface area contributed by atoms with Gasteiger partial charge in [-0.3, -0.25) is 0 Å². The Labute approximate surface area is 72.5 Å². The zero-order chi connectivity index (χ0) is 7.56. The predicted molar refractivity (Wildman–Crippen MR) is 47.8 cm³/mol. The molecule has 11 heavy (non-hydrogen) atoms. The van der Waals surface area contributed by atoms with Crippen molar-refractivity contribution in [3.05, 3.63) is 36.3 Å². The van der Waals surface area contributed by atoms with Crippen molar-refractivity contribution in [1.82, 2.24) is 0 Å². The molecule has 1 aromatic heterocycles. The van der Waals surface area contributed by atoms with Crippen molar-refractivity contribution in [2.45, 2.75) is 13.0 Å². The largest absolute Gasteiger partial charge is 0.464 e. The molecule has 62 valence electrons. The third-order valence-electron chi connectivity index (χ3n) is 1.34. The van der Waals surface area contributed by atoms with Crippen LogP contribution in [0.4, 0.5) is 0 Å². The first-order valence-electron chi connectivity index (χ1n) is 3.18. The van der Waals surface area contributed by atoms with Crippen molar-refractivity contribution in [2.24, 2.45) is 5.73 Å². The fourth-order valence-electron chi connectivity index (χ4n) is 0.749. The molecule has 0 aromatic carbocycles. The standard InChI is InChI=1S/C8H11NO.ClH/c1-3-7(9)8-5-4-6(2)10-8;/h3-5,7H,1,9H2,2H3;1H/t7-;/m1./s1. The second kappa shape index (κ2) is 4.21. The second-order valence-corrected chi connectivity index (χ2v) is 2.21. The summed E-state index contributed by atoms with van der Waals surface area (Å²) in [6, 6.07) is 3.58. The second-order valence-electron chi connectivity index (χ2n) is 2.21. The fourth-order valence-corrected chi connectivity index (χ4v) is 0.749. The molecule has 0 saturated carbocycles. The topological polar surface area (TPSA) is 39.2 Å². The Hall–Kier alpha value is -0.730. The number of aryl methyl sites for hydroxylation is 1. The smallest absolute Gasteiger partial charge is 0.124 e. The molecule has 0 aliphatic carbocycles. The molecule has 1 aromatic rings. The van der Waals surface area contributed by atoms with E-state index < -0.39 is 0 Å². The third-order valence-corrected chi connectivity index (χ3v) is 1.34. The number of hydrogen-bond acceptors (Lipinski definition) is 2. The molecule has 0 fully saturated rings. The molecule has 0 aliphatic heterocycles. The molecule has 2 nitrogen and oxygen atoms in total. The van der Waals surface area contributed by atoms with Crippen LogP contribution in [0, 0.1) is 6.92 Å². The number of rotatable bonds is 2. The van der Waals surface area contributed by atoms with Gasteiger partial charge in [0.15, 0.2) is 0 Å². The Morgan fingerprint density at radius 3 is 2.64 bits per heavy atom. The highest BCUT2D eigenvalue weighted by Gasteiger charge is 2.03. The zero-order valence-corrected chi connectivity index (χ0v) is 7.23. The van der Waals surface area contributed by atoms with Crippen LogP contribution in [-0.2, 0) is 0 Å². The lowest BCUT2D eigenvalue weighted by Crippen LogP contribution is -2.04. The van der Waals surface area contributed by atoms with Crippen LogP contribution in [0.1, 0.15) is 17.6 Å². The van der Waals surface area contributed by atoms with E-state index in [1.807, 2.05) is 19.1 Å². The van der Waals surface area contributed by atoms with Gasteiger partial charge in [-0.05, 0) is 19.1 Å². The molecule has 0 spiro atoms. The van der Waals surface area contributed by atoms with E-state index in [-0.39, 0.29) is 18.4 Å². The molecule has 0 saturated heterocycles. The highest BCUT2D eigenvalue weighted by atomic mass is 35.5. The monoisotopic (exact) mass is 173 g/mol. The van der Waals surface area contributed by atoms with E-state index in [2.05, 4.69) is 6.58 Å². The van der Waals surface area contributed by atoms with Crippen molar-refractivity contribution in [1.29, 1.82) is 0 Å². The summed E-state index contributed by atoms with van der Waals surface area (Å²) in [7, 11) is 0. The maximum atomic E-state index is 5.60. The number of nitrogens with two attached hydrogens (primary N) is 1. The Bertz CT molecular complexity index is 232. The SMILES string of the molecule is C=C[C@@H](N)c1ccc(C)o1.Cl. The van der Waals surface area contributed by atoms with E-state index >= 15 is 0 Å². The molecule has 2 N–H and O–H groups in total. The van der Waals surface area contributed by atoms with Crippen LogP contribution >= 0.6 is 12.4 Å². The maximum Gasteiger partial charge on any atom is 0.124 e. The van der Waals surface area contributed by atoms with Gasteiger partial charge in [0.2, 0.25) is 0 Å². The van der Waals surface area contributed by atoms with Gasteiger partial charge in [0.1, 0.15) is 11.5 Å². The van der Waals surface area contributed by atoms with Crippen molar-refractivity contribution in [3.8, 4) is 0 Å². The van der Waals surface area contributed by atoms with Crippen LogP contribution in [-0.4, -0.2) is 0 Å². The van der Waals surface area contributed by atoms with Crippen LogP contribution < -0.4 is 5.73 Å². The lowest BCUT2D eigenvalue weighted by molar-refractivity contribution is 0.470. The Morgan fingerprint density at radius 2 is 2.27 bits per heavy atom. The Kier molecular flexibility index (Phi) is 3.93. The Balaban J connectivity index is 0.000001000. The van der Waals surface area contributed by atoms with Gasteiger partial charge in [0.05, 0.1) is 6.04 Å². The predicted octanol–water partition coefficient (Wildman–Crippen LogP) is 2.20. The van der Waals surface area contributed by atoms with Crippen LogP contribution in [0.2, 0.25) is 0 Å². The van der Waals surface area contributed by atoms with Crippen molar-refractivity contribution in [3.63, 3.8) is 0 Å². The van der Waals surface area contributed by atoms with Crippen LogP contribution in [0.5, 0.6) is 0 Å². The summed E-state index contributed by atoms with van der Waals surface area (Å²) in [4.78, 5) is 0. The van der Waals surface area contributed by atoms with Crippen molar-refractivity contribution < 1.29 is 4.42 Å². The zero-order valence-electron chi connectivity index (χ0n) is 6.41. The van der Waals surface area contributed by atoms with Crippen LogP contribution in [0.3, 0.4) is 0 Å². The molecule has 1 rings (SSSR count). The lowest BCUT2D eigenvalue weighted by Gasteiger charge is -1.98. The van der Waals surface area contributed by atoms with E-state index in [0.29, 0.717) is 0 Å². The molecule has 1 heterocycles. The summed E-state index contributed by atoms with van der Waals surface area (Å²) in [6.45, 7) is 5.45. The maximum absolute atomic E-state index is 5.60. The van der Waals surface area contributed by atoms with Crippen molar-refractivity contribution in [2.75, 3.05) is 0 Å². The van der Waals surface area contributed by atoms with Gasteiger partial charge in [-0.1, -0.05) is 6.08 Å². The van der Waals surface area contributed by atoms with Gasteiger partial charge >= 0.3 is 0 Å². The summed E-state index contributed by atoms with van der Waals surface area (Å²) in [5.41, 5.74) is 5.60. The summed E-state index contributed by atoms with van der Waals surface area (Å²) >= 11 is 0. The molecule has 3 heteroatoms. The minimum absolute atomic E-state index is 0. The van der Waals surface area contributed by atoms with Gasteiger partial charge in [-0.15, -0.1) is 19.0 Å². The third kappa shape index (κ3) is 2.41. The van der Waals surface area contributed by atoms with E-state index in [4.69, 9.17) is 10.2 Å². The molecule has 0 unspecified atom stereocenters. The quantitative estimate of drug-likeness (QED) is 0.697. The molecule has 0 aliphatic rings.